The fraction of sp³-hybridized carbons (Fsp3) is 0.276. The van der Waals surface area contributed by atoms with Gasteiger partial charge in [0.25, 0.3) is 0 Å². The number of aromatic nitrogens is 2. The first-order valence-corrected chi connectivity index (χ1v) is 12.6. The zero-order valence-electron chi connectivity index (χ0n) is 21.2. The highest BCUT2D eigenvalue weighted by Crippen LogP contribution is 2.32. The molecule has 8 heteroatoms. The van der Waals surface area contributed by atoms with Gasteiger partial charge in [0.15, 0.2) is 0 Å². The van der Waals surface area contributed by atoms with Crippen LogP contribution in [-0.4, -0.2) is 47.8 Å². The average molecular weight is 498 g/mol. The number of nitrogens with zero attached hydrogens (tertiary/aromatic N) is 5. The Balaban J connectivity index is 1.33. The topological polar surface area (TPSA) is 76.7 Å². The molecule has 4 aromatic rings. The van der Waals surface area contributed by atoms with E-state index in [1.165, 1.54) is 0 Å². The van der Waals surface area contributed by atoms with Crippen molar-refractivity contribution in [2.45, 2.75) is 19.9 Å². The molecule has 0 aliphatic carbocycles. The van der Waals surface area contributed by atoms with E-state index >= 15 is 0 Å². The van der Waals surface area contributed by atoms with Crippen LogP contribution in [0.25, 0.3) is 11.1 Å². The second-order valence-electron chi connectivity index (χ2n) is 9.11. The Morgan fingerprint density at radius 3 is 2.03 bits per heavy atom. The molecule has 1 saturated heterocycles. The molecule has 3 aromatic carbocycles. The third-order valence-electron chi connectivity index (χ3n) is 6.91. The van der Waals surface area contributed by atoms with Crippen molar-refractivity contribution < 1.29 is 9.66 Å². The Hall–Kier alpha value is -4.33. The minimum Gasteiger partial charge on any atom is -0.497 e. The van der Waals surface area contributed by atoms with Crippen LogP contribution in [0.5, 0.6) is 5.75 Å². The smallest absolute Gasteiger partial charge is 0.406 e. The lowest BCUT2D eigenvalue weighted by molar-refractivity contribution is -0.388. The van der Waals surface area contributed by atoms with Crippen LogP contribution in [0.1, 0.15) is 18.3 Å². The van der Waals surface area contributed by atoms with Crippen molar-refractivity contribution in [3.8, 4) is 16.9 Å². The maximum Gasteiger partial charge on any atom is 0.406 e. The van der Waals surface area contributed by atoms with Crippen LogP contribution in [0.4, 0.5) is 17.3 Å². The van der Waals surface area contributed by atoms with E-state index in [0.717, 1.165) is 47.0 Å². The molecule has 0 unspecified atom stereocenters. The predicted molar refractivity (Wildman–Crippen MR) is 147 cm³/mol. The molecule has 0 spiro atoms. The lowest BCUT2D eigenvalue weighted by Gasteiger charge is -2.37. The summed E-state index contributed by atoms with van der Waals surface area (Å²) < 4.78 is 7.28. The van der Waals surface area contributed by atoms with Crippen molar-refractivity contribution in [3.05, 3.63) is 100 Å². The van der Waals surface area contributed by atoms with Crippen LogP contribution in [0.2, 0.25) is 0 Å². The SMILES string of the molecule is CCc1nc([N+](=O)[O-])c(N2CCN(c3ccc(-c4ccc(OC)cc4)cc3)CC2)n1Cc1ccccc1. The number of methoxy groups -OCH3 is 1. The van der Waals surface area contributed by atoms with Crippen molar-refractivity contribution in [3.63, 3.8) is 0 Å². The molecule has 0 saturated carbocycles. The van der Waals surface area contributed by atoms with E-state index in [1.54, 1.807) is 7.11 Å². The minimum absolute atomic E-state index is 0.0509. The Labute approximate surface area is 216 Å². The van der Waals surface area contributed by atoms with Gasteiger partial charge in [0.05, 0.1) is 13.7 Å². The highest BCUT2D eigenvalue weighted by atomic mass is 16.6. The van der Waals surface area contributed by atoms with E-state index in [2.05, 4.69) is 51.2 Å². The van der Waals surface area contributed by atoms with E-state index in [9.17, 15) is 10.1 Å². The number of aryl methyl sites for hydroxylation is 1. The van der Waals surface area contributed by atoms with E-state index in [0.29, 0.717) is 31.9 Å². The number of piperazine rings is 1. The summed E-state index contributed by atoms with van der Waals surface area (Å²) in [5, 5.41) is 12.0. The van der Waals surface area contributed by atoms with Crippen LogP contribution in [0, 0.1) is 10.1 Å². The third kappa shape index (κ3) is 5.14. The number of hydrogen-bond acceptors (Lipinski definition) is 6. The molecule has 190 valence electrons. The third-order valence-corrected chi connectivity index (χ3v) is 6.91. The summed E-state index contributed by atoms with van der Waals surface area (Å²) in [5.74, 6) is 2.14. The minimum atomic E-state index is -0.347. The summed E-state index contributed by atoms with van der Waals surface area (Å²) in [7, 11) is 1.67. The number of anilines is 2. The van der Waals surface area contributed by atoms with Crippen LogP contribution >= 0.6 is 0 Å². The van der Waals surface area contributed by atoms with Crippen molar-refractivity contribution in [2.75, 3.05) is 43.1 Å². The van der Waals surface area contributed by atoms with Crippen LogP contribution in [-0.2, 0) is 13.0 Å². The van der Waals surface area contributed by atoms with Crippen molar-refractivity contribution in [1.82, 2.24) is 9.55 Å². The van der Waals surface area contributed by atoms with Gasteiger partial charge in [-0.3, -0.25) is 4.57 Å². The summed E-state index contributed by atoms with van der Waals surface area (Å²) in [6, 6.07) is 26.7. The van der Waals surface area contributed by atoms with Gasteiger partial charge in [0.2, 0.25) is 11.6 Å². The van der Waals surface area contributed by atoms with Gasteiger partial charge in [-0.05, 0) is 50.9 Å². The number of nitro groups is 1. The summed E-state index contributed by atoms with van der Waals surface area (Å²) >= 11 is 0. The summed E-state index contributed by atoms with van der Waals surface area (Å²) in [6.45, 7) is 5.47. The quantitative estimate of drug-likeness (QED) is 0.240. The fourth-order valence-electron chi connectivity index (χ4n) is 4.94. The first-order valence-electron chi connectivity index (χ1n) is 12.6. The van der Waals surface area contributed by atoms with Gasteiger partial charge in [0.1, 0.15) is 5.75 Å². The van der Waals surface area contributed by atoms with Gasteiger partial charge in [-0.1, -0.05) is 61.5 Å². The lowest BCUT2D eigenvalue weighted by atomic mass is 10.0. The summed E-state index contributed by atoms with van der Waals surface area (Å²) in [5.41, 5.74) is 4.54. The number of hydrogen-bond donors (Lipinski definition) is 0. The molecule has 1 aliphatic rings. The van der Waals surface area contributed by atoms with Gasteiger partial charge in [-0.25, -0.2) is 0 Å². The fourth-order valence-corrected chi connectivity index (χ4v) is 4.94. The average Bonchev–Trinajstić information content (AvgIpc) is 3.32. The first-order chi connectivity index (χ1) is 18.1. The summed E-state index contributed by atoms with van der Waals surface area (Å²) in [4.78, 5) is 20.5. The maximum absolute atomic E-state index is 12.0. The zero-order chi connectivity index (χ0) is 25.8. The standard InChI is InChI=1S/C29H31N5O3/c1-3-27-30-28(34(35)36)29(33(27)21-22-7-5-4-6-8-22)32-19-17-31(18-20-32)25-13-9-23(10-14-25)24-11-15-26(37-2)16-12-24/h4-16H,3,17-21H2,1-2H3. The molecular formula is C29H31N5O3. The van der Waals surface area contributed by atoms with E-state index < -0.39 is 0 Å². The predicted octanol–water partition coefficient (Wildman–Crippen LogP) is 5.40. The Morgan fingerprint density at radius 2 is 1.46 bits per heavy atom. The molecule has 0 N–H and O–H groups in total. The van der Waals surface area contributed by atoms with Crippen molar-refractivity contribution in [2.24, 2.45) is 0 Å². The molecular weight excluding hydrogens is 466 g/mol. The summed E-state index contributed by atoms with van der Waals surface area (Å²) in [6.07, 6.45) is 0.633. The van der Waals surface area contributed by atoms with E-state index in [4.69, 9.17) is 4.74 Å². The molecule has 2 heterocycles. The zero-order valence-corrected chi connectivity index (χ0v) is 21.2. The number of imidazole rings is 1. The Kier molecular flexibility index (Phi) is 7.07. The van der Waals surface area contributed by atoms with Gasteiger partial charge in [-0.15, -0.1) is 0 Å². The molecule has 0 atom stereocenters. The normalized spacial score (nSPS) is 13.6. The van der Waals surface area contributed by atoms with Crippen molar-refractivity contribution in [1.29, 1.82) is 0 Å². The van der Waals surface area contributed by atoms with Gasteiger partial charge >= 0.3 is 5.82 Å². The molecule has 1 aromatic heterocycles. The molecule has 1 fully saturated rings. The van der Waals surface area contributed by atoms with Gasteiger partial charge < -0.3 is 24.7 Å². The Bertz CT molecular complexity index is 1340. The van der Waals surface area contributed by atoms with Crippen LogP contribution in [0.3, 0.4) is 0 Å². The van der Waals surface area contributed by atoms with Crippen LogP contribution < -0.4 is 14.5 Å². The van der Waals surface area contributed by atoms with Crippen molar-refractivity contribution >= 4 is 17.3 Å². The molecule has 1 aliphatic heterocycles. The molecule has 0 bridgehead atoms. The number of benzene rings is 3. The molecule has 37 heavy (non-hydrogen) atoms. The monoisotopic (exact) mass is 497 g/mol. The highest BCUT2D eigenvalue weighted by Gasteiger charge is 2.32. The molecule has 0 radical (unpaired) electrons. The molecule has 5 rings (SSSR count). The number of rotatable bonds is 8. The first kappa shape index (κ1) is 24.4. The number of ether oxygens (including phenoxy) is 1. The van der Waals surface area contributed by atoms with Gasteiger partial charge in [0, 0.05) is 38.3 Å². The second-order valence-corrected chi connectivity index (χ2v) is 9.11. The van der Waals surface area contributed by atoms with Gasteiger partial charge in [-0.2, -0.15) is 0 Å². The largest absolute Gasteiger partial charge is 0.497 e. The second kappa shape index (κ2) is 10.7. The van der Waals surface area contributed by atoms with E-state index in [-0.39, 0.29) is 10.7 Å². The van der Waals surface area contributed by atoms with E-state index in [1.807, 2.05) is 54.0 Å². The van der Waals surface area contributed by atoms with Crippen LogP contribution in [0.15, 0.2) is 78.9 Å². The molecule has 0 amide bonds. The maximum atomic E-state index is 12.0. The Morgan fingerprint density at radius 1 is 0.865 bits per heavy atom. The highest BCUT2D eigenvalue weighted by molar-refractivity contribution is 5.67. The lowest BCUT2D eigenvalue weighted by Crippen LogP contribution is -2.47. The molecule has 8 nitrogen and oxygen atoms in total.